The smallest absolute Gasteiger partial charge is 0.315 e. The molecule has 1 saturated heterocycles. The van der Waals surface area contributed by atoms with Gasteiger partial charge in [-0.05, 0) is 25.0 Å². The Labute approximate surface area is 131 Å². The van der Waals surface area contributed by atoms with E-state index in [1.165, 1.54) is 0 Å². The third-order valence-corrected chi connectivity index (χ3v) is 3.56. The van der Waals surface area contributed by atoms with Crippen LogP contribution in [0.1, 0.15) is 12.8 Å². The SMILES string of the molecule is c1ccc(-c2nnc(-c3nnc(NCC4CCCO4)o3)o2)cc1. The van der Waals surface area contributed by atoms with Crippen molar-refractivity contribution in [3.63, 3.8) is 0 Å². The van der Waals surface area contributed by atoms with Gasteiger partial charge < -0.3 is 18.9 Å². The summed E-state index contributed by atoms with van der Waals surface area (Å²) < 4.78 is 16.6. The molecule has 4 rings (SSSR count). The van der Waals surface area contributed by atoms with Gasteiger partial charge in [0.1, 0.15) is 0 Å². The molecule has 0 saturated carbocycles. The molecule has 8 heteroatoms. The van der Waals surface area contributed by atoms with Crippen LogP contribution in [-0.2, 0) is 4.74 Å². The van der Waals surface area contributed by atoms with Gasteiger partial charge in [-0.25, -0.2) is 0 Å². The Kier molecular flexibility index (Phi) is 3.73. The average Bonchev–Trinajstić information content (AvgIpc) is 3.34. The normalized spacial score (nSPS) is 17.5. The number of nitrogens with one attached hydrogen (secondary N) is 1. The molecule has 1 unspecified atom stereocenters. The van der Waals surface area contributed by atoms with Gasteiger partial charge in [-0.2, -0.15) is 0 Å². The lowest BCUT2D eigenvalue weighted by Crippen LogP contribution is -2.18. The Morgan fingerprint density at radius 3 is 2.57 bits per heavy atom. The van der Waals surface area contributed by atoms with E-state index >= 15 is 0 Å². The highest BCUT2D eigenvalue weighted by molar-refractivity contribution is 5.53. The third kappa shape index (κ3) is 3.07. The van der Waals surface area contributed by atoms with Gasteiger partial charge in [0.25, 0.3) is 0 Å². The molecule has 1 atom stereocenters. The first-order valence-corrected chi connectivity index (χ1v) is 7.47. The highest BCUT2D eigenvalue weighted by Crippen LogP contribution is 2.23. The maximum absolute atomic E-state index is 5.58. The van der Waals surface area contributed by atoms with Crippen LogP contribution in [0.3, 0.4) is 0 Å². The second-order valence-corrected chi connectivity index (χ2v) is 5.21. The summed E-state index contributed by atoms with van der Waals surface area (Å²) in [6, 6.07) is 9.82. The predicted octanol–water partition coefficient (Wildman–Crippen LogP) is 2.38. The molecule has 1 aromatic carbocycles. The number of nitrogens with zero attached hydrogens (tertiary/aromatic N) is 4. The molecule has 1 aliphatic rings. The minimum absolute atomic E-state index is 0.189. The molecular formula is C15H15N5O3. The lowest BCUT2D eigenvalue weighted by Gasteiger charge is -2.07. The fourth-order valence-electron chi connectivity index (χ4n) is 2.39. The van der Waals surface area contributed by atoms with Crippen molar-refractivity contribution in [2.24, 2.45) is 0 Å². The number of benzene rings is 1. The van der Waals surface area contributed by atoms with Gasteiger partial charge in [-0.1, -0.05) is 23.3 Å². The summed E-state index contributed by atoms with van der Waals surface area (Å²) in [6.07, 6.45) is 2.32. The summed E-state index contributed by atoms with van der Waals surface area (Å²) in [5.41, 5.74) is 0.836. The van der Waals surface area contributed by atoms with E-state index in [-0.39, 0.29) is 17.9 Å². The monoisotopic (exact) mass is 313 g/mol. The lowest BCUT2D eigenvalue weighted by atomic mass is 10.2. The van der Waals surface area contributed by atoms with E-state index in [2.05, 4.69) is 25.7 Å². The fourth-order valence-corrected chi connectivity index (χ4v) is 2.39. The maximum Gasteiger partial charge on any atom is 0.315 e. The van der Waals surface area contributed by atoms with E-state index in [1.807, 2.05) is 30.3 Å². The molecule has 2 aromatic heterocycles. The minimum atomic E-state index is 0.189. The summed E-state index contributed by atoms with van der Waals surface area (Å²) in [5.74, 6) is 0.795. The zero-order valence-electron chi connectivity index (χ0n) is 12.3. The van der Waals surface area contributed by atoms with Crippen molar-refractivity contribution < 1.29 is 13.6 Å². The van der Waals surface area contributed by atoms with E-state index in [9.17, 15) is 0 Å². The van der Waals surface area contributed by atoms with E-state index in [0.717, 1.165) is 25.0 Å². The van der Waals surface area contributed by atoms with Gasteiger partial charge in [-0.3, -0.25) is 0 Å². The second kappa shape index (κ2) is 6.17. The van der Waals surface area contributed by atoms with Crippen molar-refractivity contribution in [1.29, 1.82) is 0 Å². The molecule has 1 fully saturated rings. The van der Waals surface area contributed by atoms with Crippen molar-refractivity contribution in [1.82, 2.24) is 20.4 Å². The predicted molar refractivity (Wildman–Crippen MR) is 80.5 cm³/mol. The van der Waals surface area contributed by atoms with Crippen LogP contribution in [-0.4, -0.2) is 39.7 Å². The van der Waals surface area contributed by atoms with E-state index in [1.54, 1.807) is 0 Å². The van der Waals surface area contributed by atoms with Crippen LogP contribution in [0.25, 0.3) is 23.2 Å². The molecule has 0 bridgehead atoms. The van der Waals surface area contributed by atoms with Gasteiger partial charge in [0.15, 0.2) is 0 Å². The van der Waals surface area contributed by atoms with Crippen LogP contribution >= 0.6 is 0 Å². The van der Waals surface area contributed by atoms with Crippen LogP contribution < -0.4 is 5.32 Å². The first kappa shape index (κ1) is 13.9. The van der Waals surface area contributed by atoms with Crippen molar-refractivity contribution in [2.45, 2.75) is 18.9 Å². The molecular weight excluding hydrogens is 298 g/mol. The number of rotatable bonds is 5. The Balaban J connectivity index is 1.45. The van der Waals surface area contributed by atoms with E-state index in [0.29, 0.717) is 18.5 Å². The highest BCUT2D eigenvalue weighted by Gasteiger charge is 2.19. The van der Waals surface area contributed by atoms with Crippen LogP contribution in [0.2, 0.25) is 0 Å². The van der Waals surface area contributed by atoms with Crippen molar-refractivity contribution in [2.75, 3.05) is 18.5 Å². The van der Waals surface area contributed by atoms with Crippen LogP contribution in [0.15, 0.2) is 39.2 Å². The first-order valence-electron chi connectivity index (χ1n) is 7.47. The largest absolute Gasteiger partial charge is 0.412 e. The summed E-state index contributed by atoms with van der Waals surface area (Å²) in [4.78, 5) is 0. The molecule has 0 radical (unpaired) electrons. The average molecular weight is 313 g/mol. The van der Waals surface area contributed by atoms with Crippen molar-refractivity contribution in [3.05, 3.63) is 30.3 Å². The second-order valence-electron chi connectivity index (χ2n) is 5.21. The Morgan fingerprint density at radius 1 is 0.957 bits per heavy atom. The van der Waals surface area contributed by atoms with Gasteiger partial charge in [-0.15, -0.1) is 15.3 Å². The molecule has 8 nitrogen and oxygen atoms in total. The number of hydrogen-bond acceptors (Lipinski definition) is 8. The Bertz CT molecular complexity index is 764. The highest BCUT2D eigenvalue weighted by atomic mass is 16.5. The number of anilines is 1. The van der Waals surface area contributed by atoms with Crippen molar-refractivity contribution >= 4 is 6.01 Å². The summed E-state index contributed by atoms with van der Waals surface area (Å²) in [6.45, 7) is 1.45. The first-order chi connectivity index (χ1) is 11.4. The van der Waals surface area contributed by atoms with Gasteiger partial charge >= 0.3 is 17.8 Å². The minimum Gasteiger partial charge on any atom is -0.412 e. The Hall–Kier alpha value is -2.74. The molecule has 3 heterocycles. The molecule has 0 aliphatic carbocycles. The maximum atomic E-state index is 5.58. The van der Waals surface area contributed by atoms with E-state index < -0.39 is 0 Å². The molecule has 1 aliphatic heterocycles. The topological polar surface area (TPSA) is 99.1 Å². The number of hydrogen-bond donors (Lipinski definition) is 1. The molecule has 0 amide bonds. The van der Waals surface area contributed by atoms with E-state index in [4.69, 9.17) is 13.6 Å². The zero-order chi connectivity index (χ0) is 15.5. The molecule has 23 heavy (non-hydrogen) atoms. The Morgan fingerprint density at radius 2 is 1.74 bits per heavy atom. The van der Waals surface area contributed by atoms with Gasteiger partial charge in [0, 0.05) is 18.7 Å². The van der Waals surface area contributed by atoms with Crippen LogP contribution in [0.4, 0.5) is 6.01 Å². The van der Waals surface area contributed by atoms with Gasteiger partial charge in [0.05, 0.1) is 6.10 Å². The number of aromatic nitrogens is 4. The summed E-state index contributed by atoms with van der Waals surface area (Å²) >= 11 is 0. The molecule has 1 N–H and O–H groups in total. The third-order valence-electron chi connectivity index (χ3n) is 3.56. The molecule has 118 valence electrons. The van der Waals surface area contributed by atoms with Crippen molar-refractivity contribution in [3.8, 4) is 23.2 Å². The summed E-state index contributed by atoms with van der Waals surface area (Å²) in [5, 5.41) is 18.9. The van der Waals surface area contributed by atoms with Crippen LogP contribution in [0, 0.1) is 0 Å². The van der Waals surface area contributed by atoms with Crippen LogP contribution in [0.5, 0.6) is 0 Å². The quantitative estimate of drug-likeness (QED) is 0.766. The molecule has 3 aromatic rings. The fraction of sp³-hybridized carbons (Fsp3) is 0.333. The lowest BCUT2D eigenvalue weighted by molar-refractivity contribution is 0.120. The summed E-state index contributed by atoms with van der Waals surface area (Å²) in [7, 11) is 0. The molecule has 0 spiro atoms. The number of ether oxygens (including phenoxy) is 1. The van der Waals surface area contributed by atoms with Gasteiger partial charge in [0.2, 0.25) is 5.89 Å². The standard InChI is InChI=1S/C15H15N5O3/c1-2-5-10(6-3-1)12-17-18-13(22-12)14-19-20-15(23-14)16-9-11-7-4-8-21-11/h1-3,5-6,11H,4,7-9H2,(H,16,20). The zero-order valence-corrected chi connectivity index (χ0v) is 12.3.